The van der Waals surface area contributed by atoms with Gasteiger partial charge in [-0.3, -0.25) is 4.79 Å². The van der Waals surface area contributed by atoms with Gasteiger partial charge < -0.3 is 9.42 Å². The predicted octanol–water partition coefficient (Wildman–Crippen LogP) is 4.59. The van der Waals surface area contributed by atoms with E-state index in [1.807, 2.05) is 55.5 Å². The normalized spacial score (nSPS) is 10.8. The van der Waals surface area contributed by atoms with E-state index in [0.717, 1.165) is 22.4 Å². The van der Waals surface area contributed by atoms with E-state index in [4.69, 9.17) is 16.1 Å². The number of carbonyl (C=O) groups excluding carboxylic acids is 1. The van der Waals surface area contributed by atoms with Crippen LogP contribution in [0.25, 0.3) is 11.4 Å². The Morgan fingerprint density at radius 1 is 1.22 bits per heavy atom. The molecule has 1 heterocycles. The molecule has 0 atom stereocenters. The Morgan fingerprint density at radius 3 is 2.81 bits per heavy atom. The maximum Gasteiger partial charge on any atom is 0.246 e. The maximum atomic E-state index is 12.3. The minimum Gasteiger partial charge on any atom is -0.337 e. The number of nitrogens with zero attached hydrogens (tertiary/aromatic N) is 3. The summed E-state index contributed by atoms with van der Waals surface area (Å²) in [4.78, 5) is 18.3. The summed E-state index contributed by atoms with van der Waals surface area (Å²) in [5.74, 6) is 2.07. The number of aromatic nitrogens is 2. The molecule has 0 fully saturated rings. The fourth-order valence-electron chi connectivity index (χ4n) is 2.50. The average Bonchev–Trinajstić information content (AvgIpc) is 3.10. The number of carbonyl (C=O) groups is 1. The Kier molecular flexibility index (Phi) is 6.53. The Hall–Kier alpha value is -2.31. The van der Waals surface area contributed by atoms with Crippen molar-refractivity contribution in [3.05, 3.63) is 70.6 Å². The lowest BCUT2D eigenvalue weighted by molar-refractivity contribution is -0.127. The summed E-state index contributed by atoms with van der Waals surface area (Å²) in [6.07, 6.45) is 0. The molecule has 0 N–H and O–H groups in total. The van der Waals surface area contributed by atoms with E-state index in [-0.39, 0.29) is 12.5 Å². The molecule has 3 rings (SSSR count). The summed E-state index contributed by atoms with van der Waals surface area (Å²) < 4.78 is 5.29. The molecule has 2 aromatic carbocycles. The summed E-state index contributed by atoms with van der Waals surface area (Å²) in [7, 11) is 1.73. The van der Waals surface area contributed by atoms with Crippen LogP contribution in [0, 0.1) is 6.92 Å². The topological polar surface area (TPSA) is 59.2 Å². The highest BCUT2D eigenvalue weighted by atomic mass is 35.5. The first-order valence-electron chi connectivity index (χ1n) is 8.47. The molecule has 0 saturated carbocycles. The average molecular weight is 402 g/mol. The molecule has 0 aliphatic carbocycles. The number of hydrogen-bond acceptors (Lipinski definition) is 5. The molecule has 1 amide bonds. The summed E-state index contributed by atoms with van der Waals surface area (Å²) in [6, 6.07) is 15.6. The largest absolute Gasteiger partial charge is 0.337 e. The van der Waals surface area contributed by atoms with Crippen molar-refractivity contribution in [3.63, 3.8) is 0 Å². The van der Waals surface area contributed by atoms with Crippen molar-refractivity contribution in [2.45, 2.75) is 19.2 Å². The molecule has 0 unspecified atom stereocenters. The van der Waals surface area contributed by atoms with Crippen LogP contribution < -0.4 is 0 Å². The first kappa shape index (κ1) is 19.5. The molecule has 140 valence electrons. The van der Waals surface area contributed by atoms with E-state index in [0.29, 0.717) is 22.5 Å². The van der Waals surface area contributed by atoms with Crippen molar-refractivity contribution in [1.82, 2.24) is 15.0 Å². The summed E-state index contributed by atoms with van der Waals surface area (Å²) in [6.45, 7) is 2.30. The van der Waals surface area contributed by atoms with Crippen LogP contribution in [0.15, 0.2) is 53.1 Å². The third-order valence-electron chi connectivity index (χ3n) is 3.93. The van der Waals surface area contributed by atoms with Gasteiger partial charge in [0.1, 0.15) is 0 Å². The van der Waals surface area contributed by atoms with Gasteiger partial charge in [0, 0.05) is 23.4 Å². The Morgan fingerprint density at radius 2 is 2.04 bits per heavy atom. The van der Waals surface area contributed by atoms with E-state index in [9.17, 15) is 4.79 Å². The van der Waals surface area contributed by atoms with Gasteiger partial charge >= 0.3 is 0 Å². The van der Waals surface area contributed by atoms with Gasteiger partial charge in [0.25, 0.3) is 0 Å². The fourth-order valence-corrected chi connectivity index (χ4v) is 3.63. The van der Waals surface area contributed by atoms with Gasteiger partial charge in [-0.25, -0.2) is 0 Å². The third-order valence-corrected chi connectivity index (χ3v) is 5.15. The van der Waals surface area contributed by atoms with Crippen molar-refractivity contribution in [2.24, 2.45) is 0 Å². The second-order valence-corrected chi connectivity index (χ2v) is 7.68. The first-order valence-corrected chi connectivity index (χ1v) is 10.0. The van der Waals surface area contributed by atoms with Gasteiger partial charge in [-0.1, -0.05) is 52.7 Å². The lowest BCUT2D eigenvalue weighted by Crippen LogP contribution is -2.28. The number of halogens is 1. The van der Waals surface area contributed by atoms with E-state index >= 15 is 0 Å². The molecule has 3 aromatic rings. The molecule has 0 aliphatic heterocycles. The molecular weight excluding hydrogens is 382 g/mol. The van der Waals surface area contributed by atoms with Gasteiger partial charge in [0.15, 0.2) is 0 Å². The number of hydrogen-bond donors (Lipinski definition) is 0. The van der Waals surface area contributed by atoms with Crippen LogP contribution in [-0.2, 0) is 17.1 Å². The van der Waals surface area contributed by atoms with Crippen LogP contribution in [0.5, 0.6) is 0 Å². The minimum absolute atomic E-state index is 0.0114. The number of amides is 1. The molecule has 0 saturated heterocycles. The molecule has 7 heteroatoms. The Labute approximate surface area is 167 Å². The quantitative estimate of drug-likeness (QED) is 0.579. The molecule has 0 bridgehead atoms. The zero-order valence-electron chi connectivity index (χ0n) is 15.2. The third kappa shape index (κ3) is 5.58. The summed E-state index contributed by atoms with van der Waals surface area (Å²) >= 11 is 7.52. The smallest absolute Gasteiger partial charge is 0.246 e. The lowest BCUT2D eigenvalue weighted by Gasteiger charge is -2.14. The van der Waals surface area contributed by atoms with Crippen molar-refractivity contribution in [1.29, 1.82) is 0 Å². The van der Waals surface area contributed by atoms with Crippen LogP contribution in [0.3, 0.4) is 0 Å². The highest BCUT2D eigenvalue weighted by Gasteiger charge is 2.15. The fraction of sp³-hybridized carbons (Fsp3) is 0.250. The highest BCUT2D eigenvalue weighted by molar-refractivity contribution is 7.99. The molecule has 0 spiro atoms. The highest BCUT2D eigenvalue weighted by Crippen LogP contribution is 2.19. The van der Waals surface area contributed by atoms with Gasteiger partial charge in [-0.2, -0.15) is 4.98 Å². The van der Waals surface area contributed by atoms with Gasteiger partial charge in [-0.05, 0) is 30.7 Å². The van der Waals surface area contributed by atoms with Gasteiger partial charge in [0.05, 0.1) is 12.3 Å². The molecule has 0 radical (unpaired) electrons. The van der Waals surface area contributed by atoms with Crippen LogP contribution in [0.2, 0.25) is 5.02 Å². The molecule has 5 nitrogen and oxygen atoms in total. The van der Waals surface area contributed by atoms with Crippen molar-refractivity contribution in [3.8, 4) is 11.4 Å². The zero-order valence-corrected chi connectivity index (χ0v) is 16.8. The zero-order chi connectivity index (χ0) is 19.2. The van der Waals surface area contributed by atoms with Crippen LogP contribution >= 0.6 is 23.4 Å². The molecule has 1 aromatic heterocycles. The SMILES string of the molecule is Cc1cccc(-c2noc(CN(C)C(=O)CSCc3cccc(Cl)c3)n2)c1. The number of aryl methyl sites for hydroxylation is 1. The number of thioether (sulfide) groups is 1. The maximum absolute atomic E-state index is 12.3. The standard InChI is InChI=1S/C20H20ClN3O2S/c1-14-5-3-7-16(9-14)20-22-18(26-23-20)11-24(2)19(25)13-27-12-15-6-4-8-17(21)10-15/h3-10H,11-13H2,1-2H3. The molecule has 0 aliphatic rings. The predicted molar refractivity (Wildman–Crippen MR) is 109 cm³/mol. The Balaban J connectivity index is 1.51. The molecular formula is C20H20ClN3O2S. The van der Waals surface area contributed by atoms with Gasteiger partial charge in [-0.15, -0.1) is 11.8 Å². The van der Waals surface area contributed by atoms with Crippen molar-refractivity contribution in [2.75, 3.05) is 12.8 Å². The molecule has 27 heavy (non-hydrogen) atoms. The number of rotatable bonds is 7. The monoisotopic (exact) mass is 401 g/mol. The first-order chi connectivity index (χ1) is 13.0. The van der Waals surface area contributed by atoms with Crippen molar-refractivity contribution >= 4 is 29.3 Å². The summed E-state index contributed by atoms with van der Waals surface area (Å²) in [5, 5.41) is 4.71. The van der Waals surface area contributed by atoms with Crippen LogP contribution in [0.4, 0.5) is 0 Å². The van der Waals surface area contributed by atoms with E-state index < -0.39 is 0 Å². The van der Waals surface area contributed by atoms with Crippen molar-refractivity contribution < 1.29 is 9.32 Å². The van der Waals surface area contributed by atoms with E-state index in [1.54, 1.807) is 23.7 Å². The second-order valence-electron chi connectivity index (χ2n) is 6.25. The lowest BCUT2D eigenvalue weighted by atomic mass is 10.1. The van der Waals surface area contributed by atoms with Gasteiger partial charge in [0.2, 0.25) is 17.6 Å². The van der Waals surface area contributed by atoms with E-state index in [1.165, 1.54) is 0 Å². The van der Waals surface area contributed by atoms with Crippen LogP contribution in [0.1, 0.15) is 17.0 Å². The second kappa shape index (κ2) is 9.06. The Bertz CT molecular complexity index is 929. The van der Waals surface area contributed by atoms with E-state index in [2.05, 4.69) is 10.1 Å². The summed E-state index contributed by atoms with van der Waals surface area (Å²) in [5.41, 5.74) is 3.13. The number of benzene rings is 2. The minimum atomic E-state index is 0.0114. The van der Waals surface area contributed by atoms with Crippen LogP contribution in [-0.4, -0.2) is 33.7 Å².